The summed E-state index contributed by atoms with van der Waals surface area (Å²) in [7, 11) is 0. The molecule has 2 atom stereocenters. The van der Waals surface area contributed by atoms with Crippen LogP contribution in [0.5, 0.6) is 0 Å². The maximum Gasteiger partial charge on any atom is 0.416 e. The van der Waals surface area contributed by atoms with Crippen molar-refractivity contribution in [3.63, 3.8) is 0 Å². The summed E-state index contributed by atoms with van der Waals surface area (Å²) in [5.41, 5.74) is 0.103. The first-order valence-corrected chi connectivity index (χ1v) is 7.08. The van der Waals surface area contributed by atoms with E-state index in [1.807, 2.05) is 6.92 Å². The van der Waals surface area contributed by atoms with Crippen molar-refractivity contribution in [3.8, 4) is 0 Å². The highest BCUT2D eigenvalue weighted by molar-refractivity contribution is 5.27. The summed E-state index contributed by atoms with van der Waals surface area (Å²) in [6.45, 7) is 4.80. The lowest BCUT2D eigenvalue weighted by Gasteiger charge is -2.25. The average molecular weight is 286 g/mol. The molecular formula is C15H21F3N2. The van der Waals surface area contributed by atoms with E-state index >= 15 is 0 Å². The van der Waals surface area contributed by atoms with Crippen LogP contribution in [0.2, 0.25) is 0 Å². The van der Waals surface area contributed by atoms with Crippen molar-refractivity contribution in [1.29, 1.82) is 0 Å². The molecule has 0 saturated carbocycles. The zero-order chi connectivity index (χ0) is 14.6. The average Bonchev–Trinajstić information content (AvgIpc) is 2.45. The van der Waals surface area contributed by atoms with E-state index in [1.54, 1.807) is 6.07 Å². The van der Waals surface area contributed by atoms with Crippen LogP contribution < -0.4 is 10.6 Å². The second kappa shape index (κ2) is 6.59. The molecule has 2 rings (SSSR count). The molecule has 1 aliphatic rings. The highest BCUT2D eigenvalue weighted by Crippen LogP contribution is 2.30. The molecule has 2 unspecified atom stereocenters. The van der Waals surface area contributed by atoms with E-state index in [9.17, 15) is 13.2 Å². The molecule has 5 heteroatoms. The third-order valence-electron chi connectivity index (χ3n) is 3.83. The topological polar surface area (TPSA) is 24.1 Å². The molecule has 1 fully saturated rings. The molecule has 1 heterocycles. The van der Waals surface area contributed by atoms with Crippen LogP contribution in [-0.2, 0) is 6.18 Å². The lowest BCUT2D eigenvalue weighted by molar-refractivity contribution is -0.137. The molecule has 2 N–H and O–H groups in total. The maximum atomic E-state index is 12.7. The van der Waals surface area contributed by atoms with Crippen molar-refractivity contribution in [2.45, 2.75) is 32.0 Å². The first kappa shape index (κ1) is 15.3. The third kappa shape index (κ3) is 4.21. The molecule has 20 heavy (non-hydrogen) atoms. The molecule has 2 nitrogen and oxygen atoms in total. The van der Waals surface area contributed by atoms with Gasteiger partial charge in [0.15, 0.2) is 0 Å². The quantitative estimate of drug-likeness (QED) is 0.887. The lowest BCUT2D eigenvalue weighted by atomic mass is 9.98. The first-order chi connectivity index (χ1) is 9.47. The van der Waals surface area contributed by atoms with Crippen molar-refractivity contribution < 1.29 is 13.2 Å². The Balaban J connectivity index is 1.93. The second-order valence-electron chi connectivity index (χ2n) is 5.47. The minimum absolute atomic E-state index is 0.0702. The van der Waals surface area contributed by atoms with Gasteiger partial charge in [-0.05, 0) is 63.0 Å². The Morgan fingerprint density at radius 3 is 2.85 bits per heavy atom. The first-order valence-electron chi connectivity index (χ1n) is 7.08. The predicted molar refractivity (Wildman–Crippen MR) is 73.5 cm³/mol. The lowest BCUT2D eigenvalue weighted by Crippen LogP contribution is -2.36. The molecule has 0 spiro atoms. The van der Waals surface area contributed by atoms with Crippen molar-refractivity contribution in [2.24, 2.45) is 5.92 Å². The van der Waals surface area contributed by atoms with Crippen LogP contribution in [0.3, 0.4) is 0 Å². The Labute approximate surface area is 117 Å². The smallest absolute Gasteiger partial charge is 0.316 e. The van der Waals surface area contributed by atoms with E-state index in [2.05, 4.69) is 10.6 Å². The minimum atomic E-state index is -4.27. The van der Waals surface area contributed by atoms with Crippen molar-refractivity contribution in [3.05, 3.63) is 35.4 Å². The maximum absolute atomic E-state index is 12.7. The van der Waals surface area contributed by atoms with E-state index in [0.29, 0.717) is 11.5 Å². The van der Waals surface area contributed by atoms with Gasteiger partial charge >= 0.3 is 6.18 Å². The molecule has 112 valence electrons. The van der Waals surface area contributed by atoms with Crippen LogP contribution in [0.25, 0.3) is 0 Å². The summed E-state index contributed by atoms with van der Waals surface area (Å²) >= 11 is 0. The number of halogens is 3. The molecule has 1 saturated heterocycles. The van der Waals surface area contributed by atoms with Gasteiger partial charge in [0, 0.05) is 6.04 Å². The monoisotopic (exact) mass is 286 g/mol. The summed E-state index contributed by atoms with van der Waals surface area (Å²) in [4.78, 5) is 0. The Bertz CT molecular complexity index is 425. The highest BCUT2D eigenvalue weighted by Gasteiger charge is 2.30. The molecule has 0 aromatic heterocycles. The standard InChI is InChI=1S/C15H21F3N2/c1-11(20-10-12-4-3-7-19-9-12)13-5-2-6-14(8-13)15(16,17)18/h2,5-6,8,11-12,19-20H,3-4,7,9-10H2,1H3. The van der Waals surface area contributed by atoms with Crippen LogP contribution in [0.15, 0.2) is 24.3 Å². The van der Waals surface area contributed by atoms with Crippen LogP contribution in [0.1, 0.15) is 36.9 Å². The highest BCUT2D eigenvalue weighted by atomic mass is 19.4. The van der Waals surface area contributed by atoms with Gasteiger partial charge in [-0.25, -0.2) is 0 Å². The van der Waals surface area contributed by atoms with Crippen LogP contribution in [-0.4, -0.2) is 19.6 Å². The number of hydrogen-bond acceptors (Lipinski definition) is 2. The Kier molecular flexibility index (Phi) is 5.05. The van der Waals surface area contributed by atoms with E-state index < -0.39 is 11.7 Å². The number of benzene rings is 1. The molecule has 1 aromatic carbocycles. The zero-order valence-corrected chi connectivity index (χ0v) is 11.6. The predicted octanol–water partition coefficient (Wildman–Crippen LogP) is 3.36. The minimum Gasteiger partial charge on any atom is -0.316 e. The van der Waals surface area contributed by atoms with Gasteiger partial charge in [0.05, 0.1) is 5.56 Å². The summed E-state index contributed by atoms with van der Waals surface area (Å²) in [5, 5.41) is 6.68. The molecule has 0 aliphatic carbocycles. The second-order valence-corrected chi connectivity index (χ2v) is 5.47. The summed E-state index contributed by atoms with van der Waals surface area (Å²) in [6, 6.07) is 5.49. The fraction of sp³-hybridized carbons (Fsp3) is 0.600. The van der Waals surface area contributed by atoms with Gasteiger partial charge in [0.25, 0.3) is 0 Å². The molecule has 1 aliphatic heterocycles. The van der Waals surface area contributed by atoms with Crippen molar-refractivity contribution in [2.75, 3.05) is 19.6 Å². The number of nitrogens with one attached hydrogen (secondary N) is 2. The van der Waals surface area contributed by atoms with Gasteiger partial charge in [-0.3, -0.25) is 0 Å². The van der Waals surface area contributed by atoms with Crippen LogP contribution >= 0.6 is 0 Å². The molecule has 0 radical (unpaired) electrons. The summed E-state index contributed by atoms with van der Waals surface area (Å²) < 4.78 is 38.0. The largest absolute Gasteiger partial charge is 0.416 e. The number of rotatable bonds is 4. The Morgan fingerprint density at radius 1 is 1.40 bits per heavy atom. The van der Waals surface area contributed by atoms with Gasteiger partial charge in [-0.2, -0.15) is 13.2 Å². The Morgan fingerprint density at radius 2 is 2.20 bits per heavy atom. The molecular weight excluding hydrogens is 265 g/mol. The van der Waals surface area contributed by atoms with E-state index in [4.69, 9.17) is 0 Å². The zero-order valence-electron chi connectivity index (χ0n) is 11.6. The van der Waals surface area contributed by atoms with Crippen molar-refractivity contribution in [1.82, 2.24) is 10.6 Å². The van der Waals surface area contributed by atoms with Gasteiger partial charge < -0.3 is 10.6 Å². The van der Waals surface area contributed by atoms with Gasteiger partial charge in [0.1, 0.15) is 0 Å². The number of hydrogen-bond donors (Lipinski definition) is 2. The molecule has 0 amide bonds. The Hall–Kier alpha value is -1.07. The van der Waals surface area contributed by atoms with Gasteiger partial charge in [0.2, 0.25) is 0 Å². The molecule has 0 bridgehead atoms. The summed E-state index contributed by atoms with van der Waals surface area (Å²) in [6.07, 6.45) is -1.93. The summed E-state index contributed by atoms with van der Waals surface area (Å²) in [5.74, 6) is 0.567. The normalized spacial score (nSPS) is 21.7. The van der Waals surface area contributed by atoms with E-state index in [0.717, 1.165) is 25.7 Å². The van der Waals surface area contributed by atoms with Gasteiger partial charge in [-0.1, -0.05) is 12.1 Å². The SMILES string of the molecule is CC(NCC1CCCNC1)c1cccc(C(F)(F)F)c1. The number of alkyl halides is 3. The third-order valence-corrected chi connectivity index (χ3v) is 3.83. The fourth-order valence-electron chi connectivity index (χ4n) is 2.54. The van der Waals surface area contributed by atoms with Crippen molar-refractivity contribution >= 4 is 0 Å². The van der Waals surface area contributed by atoms with Gasteiger partial charge in [-0.15, -0.1) is 0 Å². The fourth-order valence-corrected chi connectivity index (χ4v) is 2.54. The van der Waals surface area contributed by atoms with Crippen LogP contribution in [0, 0.1) is 5.92 Å². The van der Waals surface area contributed by atoms with E-state index in [-0.39, 0.29) is 6.04 Å². The molecule has 1 aromatic rings. The van der Waals surface area contributed by atoms with E-state index in [1.165, 1.54) is 25.0 Å². The number of piperidine rings is 1. The van der Waals surface area contributed by atoms with Crippen LogP contribution in [0.4, 0.5) is 13.2 Å².